The number of nitrogens with one attached hydrogen (secondary N) is 1. The molecule has 2 rings (SSSR count). The highest BCUT2D eigenvalue weighted by molar-refractivity contribution is 5.76. The van der Waals surface area contributed by atoms with Crippen LogP contribution >= 0.6 is 0 Å². The molecule has 1 aliphatic carbocycles. The van der Waals surface area contributed by atoms with Crippen LogP contribution in [0.15, 0.2) is 0 Å². The molecule has 0 bridgehead atoms. The predicted molar refractivity (Wildman–Crippen MR) is 64.1 cm³/mol. The molecule has 1 saturated heterocycles. The average Bonchev–Trinajstić information content (AvgIpc) is 3.07. The molecule has 2 N–H and O–H groups in total. The topological polar surface area (TPSA) is 61.8 Å². The number of amides is 2. The van der Waals surface area contributed by atoms with E-state index in [4.69, 9.17) is 0 Å². The van der Waals surface area contributed by atoms with Gasteiger partial charge in [0.15, 0.2) is 5.54 Å². The Morgan fingerprint density at radius 3 is 2.40 bits per heavy atom. The second-order valence-electron chi connectivity index (χ2n) is 5.93. The molecule has 1 heterocycles. The summed E-state index contributed by atoms with van der Waals surface area (Å²) in [7, 11) is 1.14. The van der Waals surface area contributed by atoms with Crippen LogP contribution in [-0.2, 0) is 4.74 Å². The minimum Gasteiger partial charge on any atom is -0.386 e. The van der Waals surface area contributed by atoms with Gasteiger partial charge in [-0.2, -0.15) is 13.2 Å². The van der Waals surface area contributed by atoms with Gasteiger partial charge in [-0.3, -0.25) is 0 Å². The van der Waals surface area contributed by atoms with Crippen LogP contribution < -0.4 is 5.32 Å². The number of β-amino-alcohol motifs (C(OH)–C–C–N with tert-alkyl or cyclic N) is 1. The second kappa shape index (κ2) is 4.77. The summed E-state index contributed by atoms with van der Waals surface area (Å²) >= 11 is 0. The number of carbonyl (C=O) groups excluding carboxylic acids is 1. The lowest BCUT2D eigenvalue weighted by Crippen LogP contribution is -2.70. The zero-order valence-corrected chi connectivity index (χ0v) is 11.5. The third-order valence-corrected chi connectivity index (χ3v) is 4.00. The van der Waals surface area contributed by atoms with Crippen LogP contribution in [0.1, 0.15) is 19.8 Å². The van der Waals surface area contributed by atoms with Gasteiger partial charge in [-0.05, 0) is 25.7 Å². The van der Waals surface area contributed by atoms with Crippen molar-refractivity contribution in [3.63, 3.8) is 0 Å². The fourth-order valence-corrected chi connectivity index (χ4v) is 2.43. The van der Waals surface area contributed by atoms with Crippen molar-refractivity contribution in [2.24, 2.45) is 5.92 Å². The van der Waals surface area contributed by atoms with Crippen molar-refractivity contribution >= 4 is 6.03 Å². The monoisotopic (exact) mass is 296 g/mol. The van der Waals surface area contributed by atoms with Gasteiger partial charge in [-0.1, -0.05) is 0 Å². The van der Waals surface area contributed by atoms with Crippen LogP contribution in [-0.4, -0.2) is 60.2 Å². The van der Waals surface area contributed by atoms with Crippen molar-refractivity contribution in [1.82, 2.24) is 10.2 Å². The van der Waals surface area contributed by atoms with E-state index in [0.717, 1.165) is 26.9 Å². The Morgan fingerprint density at radius 2 is 2.00 bits per heavy atom. The zero-order valence-electron chi connectivity index (χ0n) is 11.5. The number of hydrogen-bond donors (Lipinski definition) is 2. The van der Waals surface area contributed by atoms with E-state index in [1.807, 2.05) is 5.32 Å². The average molecular weight is 296 g/mol. The normalized spacial score (nSPS) is 24.8. The Balaban J connectivity index is 1.93. The Kier molecular flexibility index (Phi) is 3.66. The highest BCUT2D eigenvalue weighted by Crippen LogP contribution is 2.44. The van der Waals surface area contributed by atoms with E-state index in [1.54, 1.807) is 0 Å². The standard InChI is InChI=1S/C12H19F3N2O3/c1-10(7-20-2,12(13,14)15)16-9(18)17-5-11(19,6-17)8-3-4-8/h8,19H,3-7H2,1-2H3,(H,16,18). The summed E-state index contributed by atoms with van der Waals surface area (Å²) in [4.78, 5) is 13.0. The van der Waals surface area contributed by atoms with Gasteiger partial charge in [-0.25, -0.2) is 4.79 Å². The van der Waals surface area contributed by atoms with E-state index in [2.05, 4.69) is 4.74 Å². The Hall–Kier alpha value is -1.02. The first-order chi connectivity index (χ1) is 9.11. The molecule has 1 atom stereocenters. The van der Waals surface area contributed by atoms with Gasteiger partial charge in [0, 0.05) is 7.11 Å². The SMILES string of the molecule is COCC(C)(NC(=O)N1CC(O)(C2CC2)C1)C(F)(F)F. The molecule has 2 amide bonds. The van der Waals surface area contributed by atoms with Crippen molar-refractivity contribution in [3.8, 4) is 0 Å². The molecule has 5 nitrogen and oxygen atoms in total. The van der Waals surface area contributed by atoms with Gasteiger partial charge in [0.25, 0.3) is 0 Å². The first-order valence-corrected chi connectivity index (χ1v) is 6.46. The Bertz CT molecular complexity index is 392. The number of rotatable bonds is 4. The van der Waals surface area contributed by atoms with Crippen molar-refractivity contribution in [2.45, 2.75) is 37.1 Å². The van der Waals surface area contributed by atoms with Crippen molar-refractivity contribution in [3.05, 3.63) is 0 Å². The zero-order chi connectivity index (χ0) is 15.2. The fourth-order valence-electron chi connectivity index (χ4n) is 2.43. The third-order valence-electron chi connectivity index (χ3n) is 4.00. The Labute approximate surface area is 115 Å². The summed E-state index contributed by atoms with van der Waals surface area (Å²) in [6, 6.07) is -0.827. The maximum Gasteiger partial charge on any atom is 0.413 e. The largest absolute Gasteiger partial charge is 0.413 e. The summed E-state index contributed by atoms with van der Waals surface area (Å²) in [6.45, 7) is 0.388. The lowest BCUT2D eigenvalue weighted by Gasteiger charge is -2.48. The highest BCUT2D eigenvalue weighted by atomic mass is 19.4. The van der Waals surface area contributed by atoms with Gasteiger partial charge >= 0.3 is 12.2 Å². The number of urea groups is 1. The van der Waals surface area contributed by atoms with Crippen LogP contribution in [0.3, 0.4) is 0 Å². The number of carbonyl (C=O) groups is 1. The molecule has 8 heteroatoms. The molecule has 2 fully saturated rings. The maximum absolute atomic E-state index is 13.0. The van der Waals surface area contributed by atoms with E-state index in [1.165, 1.54) is 4.90 Å². The molecule has 0 aromatic carbocycles. The quantitative estimate of drug-likeness (QED) is 0.817. The van der Waals surface area contributed by atoms with Crippen LogP contribution in [0.4, 0.5) is 18.0 Å². The third kappa shape index (κ3) is 2.71. The number of aliphatic hydroxyl groups is 1. The fraction of sp³-hybridized carbons (Fsp3) is 0.917. The van der Waals surface area contributed by atoms with Crippen molar-refractivity contribution < 1.29 is 27.8 Å². The van der Waals surface area contributed by atoms with Gasteiger partial charge in [0.2, 0.25) is 0 Å². The molecule has 116 valence electrons. The molecule has 0 aromatic heterocycles. The van der Waals surface area contributed by atoms with Gasteiger partial charge in [0.05, 0.1) is 19.7 Å². The minimum atomic E-state index is -4.61. The summed E-state index contributed by atoms with van der Waals surface area (Å²) in [6.07, 6.45) is -2.79. The summed E-state index contributed by atoms with van der Waals surface area (Å²) in [5.74, 6) is 0.180. The molecule has 0 radical (unpaired) electrons. The summed E-state index contributed by atoms with van der Waals surface area (Å²) in [5.41, 5.74) is -3.35. The smallest absolute Gasteiger partial charge is 0.386 e. The number of methoxy groups -OCH3 is 1. The lowest BCUT2D eigenvalue weighted by atomic mass is 9.89. The van der Waals surface area contributed by atoms with Gasteiger partial charge < -0.3 is 20.1 Å². The molecule has 1 saturated carbocycles. The van der Waals surface area contributed by atoms with Crippen LogP contribution in [0.2, 0.25) is 0 Å². The van der Waals surface area contributed by atoms with E-state index in [9.17, 15) is 23.1 Å². The van der Waals surface area contributed by atoms with Crippen LogP contribution in [0.5, 0.6) is 0 Å². The number of hydrogen-bond acceptors (Lipinski definition) is 3. The number of likely N-dealkylation sites (tertiary alicyclic amines) is 1. The highest BCUT2D eigenvalue weighted by Gasteiger charge is 2.56. The van der Waals surface area contributed by atoms with Crippen LogP contribution in [0, 0.1) is 5.92 Å². The van der Waals surface area contributed by atoms with Gasteiger partial charge in [0.1, 0.15) is 5.60 Å². The molecule has 2 aliphatic rings. The predicted octanol–water partition coefficient (Wildman–Crippen LogP) is 1.12. The van der Waals surface area contributed by atoms with Crippen molar-refractivity contribution in [2.75, 3.05) is 26.8 Å². The molecule has 1 unspecified atom stereocenters. The van der Waals surface area contributed by atoms with E-state index >= 15 is 0 Å². The Morgan fingerprint density at radius 1 is 1.45 bits per heavy atom. The first-order valence-electron chi connectivity index (χ1n) is 6.46. The van der Waals surface area contributed by atoms with Crippen molar-refractivity contribution in [1.29, 1.82) is 0 Å². The van der Waals surface area contributed by atoms with Gasteiger partial charge in [-0.15, -0.1) is 0 Å². The maximum atomic E-state index is 13.0. The number of alkyl halides is 3. The number of halogens is 3. The summed E-state index contributed by atoms with van der Waals surface area (Å²) < 4.78 is 43.4. The molecule has 0 aromatic rings. The molecular formula is C12H19F3N2O3. The van der Waals surface area contributed by atoms with E-state index in [-0.39, 0.29) is 19.0 Å². The molecule has 0 spiro atoms. The number of ether oxygens (including phenoxy) is 1. The molecule has 20 heavy (non-hydrogen) atoms. The first kappa shape index (κ1) is 15.4. The minimum absolute atomic E-state index is 0.0877. The molecule has 1 aliphatic heterocycles. The van der Waals surface area contributed by atoms with E-state index in [0.29, 0.717) is 0 Å². The second-order valence-corrected chi connectivity index (χ2v) is 5.93. The number of nitrogens with zero attached hydrogens (tertiary/aromatic N) is 1. The molecular weight excluding hydrogens is 277 g/mol. The lowest BCUT2D eigenvalue weighted by molar-refractivity contribution is -0.201. The van der Waals surface area contributed by atoms with Crippen LogP contribution in [0.25, 0.3) is 0 Å². The summed E-state index contributed by atoms with van der Waals surface area (Å²) in [5, 5.41) is 12.0. The van der Waals surface area contributed by atoms with E-state index < -0.39 is 30.0 Å².